The molecule has 11 nitrogen and oxygen atoms in total. The molecule has 0 bridgehead atoms. The van der Waals surface area contributed by atoms with Crippen molar-refractivity contribution >= 4 is 29.4 Å². The second-order valence-electron chi connectivity index (χ2n) is 13.9. The van der Waals surface area contributed by atoms with Crippen LogP contribution in [0.5, 0.6) is 23.0 Å². The molecule has 0 unspecified atom stereocenters. The van der Waals surface area contributed by atoms with Crippen molar-refractivity contribution in [3.05, 3.63) is 59.7 Å². The van der Waals surface area contributed by atoms with Crippen LogP contribution in [-0.2, 0) is 0 Å². The number of hydrogen-bond donors (Lipinski definition) is 1. The second-order valence-corrected chi connectivity index (χ2v) is 13.9. The highest BCUT2D eigenvalue weighted by Crippen LogP contribution is 2.44. The summed E-state index contributed by atoms with van der Waals surface area (Å²) < 4.78 is 23.5. The fourth-order valence-electron chi connectivity index (χ4n) is 7.09. The molecule has 2 aromatic rings. The molecule has 0 aliphatic carbocycles. The molecule has 11 heteroatoms. The first-order valence-electron chi connectivity index (χ1n) is 16.6. The third-order valence-corrected chi connectivity index (χ3v) is 9.41. The summed E-state index contributed by atoms with van der Waals surface area (Å²) in [6.45, 7) is 16.0. The van der Waals surface area contributed by atoms with Crippen LogP contribution in [0, 0.1) is 0 Å². The minimum Gasteiger partial charge on any atom is -0.493 e. The zero-order valence-corrected chi connectivity index (χ0v) is 28.6. The number of carbonyl (C=O) groups is 2. The van der Waals surface area contributed by atoms with Gasteiger partial charge >= 0.3 is 0 Å². The highest BCUT2D eigenvalue weighted by molar-refractivity contribution is 6.04. The van der Waals surface area contributed by atoms with Crippen LogP contribution >= 0.6 is 0 Å². The first-order chi connectivity index (χ1) is 22.9. The maximum absolute atomic E-state index is 13.7. The van der Waals surface area contributed by atoms with Crippen molar-refractivity contribution in [2.45, 2.75) is 76.7 Å². The number of carbonyl (C=O) groups excluding carboxylic acids is 2. The molecule has 1 N–H and O–H groups in total. The van der Waals surface area contributed by atoms with Crippen LogP contribution in [0.2, 0.25) is 0 Å². The summed E-state index contributed by atoms with van der Waals surface area (Å²) in [6.07, 6.45) is 4.56. The molecule has 0 saturated carbocycles. The number of ether oxygens (including phenoxy) is 4. The minimum absolute atomic E-state index is 0.0779. The lowest BCUT2D eigenvalue weighted by Gasteiger charge is -2.43. The van der Waals surface area contributed by atoms with Crippen molar-refractivity contribution in [2.75, 3.05) is 45.4 Å². The third-order valence-electron chi connectivity index (χ3n) is 9.41. The Morgan fingerprint density at radius 2 is 1.40 bits per heavy atom. The molecule has 0 spiro atoms. The van der Waals surface area contributed by atoms with Gasteiger partial charge in [0.2, 0.25) is 0 Å². The van der Waals surface area contributed by atoms with Crippen molar-refractivity contribution in [1.29, 1.82) is 0 Å². The molecular formula is C37H46N4O7. The van der Waals surface area contributed by atoms with Crippen LogP contribution in [0.25, 0.3) is 0 Å². The topological polar surface area (TPSA) is 113 Å². The van der Waals surface area contributed by atoms with E-state index in [9.17, 15) is 14.7 Å². The molecule has 2 amide bonds. The third kappa shape index (κ3) is 6.23. The minimum atomic E-state index is -0.904. The fourth-order valence-corrected chi connectivity index (χ4v) is 7.09. The van der Waals surface area contributed by atoms with Crippen LogP contribution in [0.15, 0.2) is 53.6 Å². The normalized spacial score (nSPS) is 21.8. The average Bonchev–Trinajstić information content (AvgIpc) is 3.58. The maximum atomic E-state index is 13.7. The highest BCUT2D eigenvalue weighted by atomic mass is 16.5. The number of hydrogen-bond acceptors (Lipinski definition) is 9. The number of fused-ring (bicyclic) bond motifs is 4. The smallest absolute Gasteiger partial charge is 0.257 e. The molecule has 6 rings (SSSR count). The van der Waals surface area contributed by atoms with Gasteiger partial charge in [-0.1, -0.05) is 24.3 Å². The summed E-state index contributed by atoms with van der Waals surface area (Å²) in [7, 11) is 3.12. The molecule has 2 aromatic carbocycles. The lowest BCUT2D eigenvalue weighted by Crippen LogP contribution is -2.55. The summed E-state index contributed by atoms with van der Waals surface area (Å²) in [6, 6.07) is 6.57. The van der Waals surface area contributed by atoms with Gasteiger partial charge in [-0.3, -0.25) is 14.6 Å². The Morgan fingerprint density at radius 3 is 2.04 bits per heavy atom. The number of amides is 2. The van der Waals surface area contributed by atoms with E-state index in [0.717, 1.165) is 36.8 Å². The first kappa shape index (κ1) is 33.4. The zero-order chi connectivity index (χ0) is 34.3. The quantitative estimate of drug-likeness (QED) is 0.262. The van der Waals surface area contributed by atoms with Crippen LogP contribution in [0.3, 0.4) is 0 Å². The molecule has 4 aliphatic heterocycles. The molecule has 4 aliphatic rings. The van der Waals surface area contributed by atoms with Gasteiger partial charge in [-0.25, -0.2) is 0 Å². The molecule has 4 heterocycles. The van der Waals surface area contributed by atoms with E-state index in [0.29, 0.717) is 78.2 Å². The highest BCUT2D eigenvalue weighted by Gasteiger charge is 2.46. The Morgan fingerprint density at radius 1 is 0.812 bits per heavy atom. The van der Waals surface area contributed by atoms with Crippen LogP contribution in [0.1, 0.15) is 73.6 Å². The fraction of sp³-hybridized carbons (Fsp3) is 0.486. The van der Waals surface area contributed by atoms with E-state index in [4.69, 9.17) is 18.9 Å². The first-order valence-corrected chi connectivity index (χ1v) is 16.6. The van der Waals surface area contributed by atoms with Crippen molar-refractivity contribution in [3.63, 3.8) is 0 Å². The van der Waals surface area contributed by atoms with E-state index in [1.807, 2.05) is 38.0 Å². The molecule has 0 radical (unpaired) electrons. The van der Waals surface area contributed by atoms with Gasteiger partial charge in [0.05, 0.1) is 62.0 Å². The lowest BCUT2D eigenvalue weighted by atomic mass is 9.99. The summed E-state index contributed by atoms with van der Waals surface area (Å²) in [5.74, 6) is 1.78. The van der Waals surface area contributed by atoms with E-state index in [1.165, 1.54) is 0 Å². The van der Waals surface area contributed by atoms with Crippen molar-refractivity contribution in [1.82, 2.24) is 9.80 Å². The number of unbranched alkanes of at least 4 members (excludes halogenated alkanes) is 2. The maximum Gasteiger partial charge on any atom is 0.257 e. The largest absolute Gasteiger partial charge is 0.493 e. The van der Waals surface area contributed by atoms with E-state index in [2.05, 4.69) is 18.2 Å². The lowest BCUT2D eigenvalue weighted by molar-refractivity contribution is 0.0460. The number of nitrogens with zero attached hydrogens (tertiary/aromatic N) is 4. The molecule has 2 saturated heterocycles. The average molecular weight is 659 g/mol. The Hall–Kier alpha value is -4.51. The van der Waals surface area contributed by atoms with E-state index >= 15 is 0 Å². The molecule has 2 fully saturated rings. The van der Waals surface area contributed by atoms with E-state index in [1.54, 1.807) is 42.2 Å². The van der Waals surface area contributed by atoms with Gasteiger partial charge in [-0.05, 0) is 65.0 Å². The van der Waals surface area contributed by atoms with Gasteiger partial charge in [0.15, 0.2) is 23.0 Å². The van der Waals surface area contributed by atoms with Gasteiger partial charge in [0, 0.05) is 37.0 Å². The number of aliphatic hydroxyl groups is 1. The Balaban J connectivity index is 1.08. The number of aliphatic imine (C=N–C) groups is 1. The van der Waals surface area contributed by atoms with Gasteiger partial charge < -0.3 is 38.8 Å². The monoisotopic (exact) mass is 658 g/mol. The van der Waals surface area contributed by atoms with Gasteiger partial charge in [-0.2, -0.15) is 0 Å². The summed E-state index contributed by atoms with van der Waals surface area (Å²) in [5.41, 5.74) is 3.63. The van der Waals surface area contributed by atoms with Crippen molar-refractivity contribution in [3.8, 4) is 23.0 Å². The molecule has 256 valence electrons. The Bertz CT molecular complexity index is 1660. The predicted molar refractivity (Wildman–Crippen MR) is 184 cm³/mol. The molecule has 3 atom stereocenters. The molecule has 48 heavy (non-hydrogen) atoms. The van der Waals surface area contributed by atoms with E-state index in [-0.39, 0.29) is 23.9 Å². The number of benzene rings is 2. The number of methoxy groups -OCH3 is 2. The number of anilines is 1. The van der Waals surface area contributed by atoms with Crippen molar-refractivity contribution < 1.29 is 33.6 Å². The standard InChI is InChI=1S/C37H46N4O7/c1-22-13-24-19-38-27-17-32(30(45-6)15-25(27)34(42)39(24)20-22)47-11-9-8-10-12-48-33-18-28-26(16-31(33)46-7)35(43)40-21-23(2)14-29(40)36(44)41(28)37(3,4)5/h15-19,24,29,36,44H,1-2,8-14,20-21H2,3-7H3/t24-,29-,36-/m0/s1. The van der Waals surface area contributed by atoms with Crippen LogP contribution in [-0.4, -0.2) is 97.3 Å². The zero-order valence-electron chi connectivity index (χ0n) is 28.6. The van der Waals surface area contributed by atoms with Gasteiger partial charge in [0.25, 0.3) is 11.8 Å². The summed E-state index contributed by atoms with van der Waals surface area (Å²) in [5, 5.41) is 11.6. The number of rotatable bonds is 10. The predicted octanol–water partition coefficient (Wildman–Crippen LogP) is 5.53. The second kappa shape index (κ2) is 13.2. The van der Waals surface area contributed by atoms with Crippen LogP contribution < -0.4 is 23.8 Å². The van der Waals surface area contributed by atoms with Crippen molar-refractivity contribution in [2.24, 2.45) is 4.99 Å². The van der Waals surface area contributed by atoms with Gasteiger partial charge in [-0.15, -0.1) is 0 Å². The summed E-state index contributed by atoms with van der Waals surface area (Å²) >= 11 is 0. The molecular weight excluding hydrogens is 612 g/mol. The van der Waals surface area contributed by atoms with Crippen LogP contribution in [0.4, 0.5) is 11.4 Å². The number of aliphatic hydroxyl groups excluding tert-OH is 1. The molecule has 0 aromatic heterocycles. The Labute approximate surface area is 282 Å². The Kier molecular flexibility index (Phi) is 9.17. The van der Waals surface area contributed by atoms with E-state index < -0.39 is 11.8 Å². The SMILES string of the molecule is C=C1C[C@H]2C=Nc3cc(OCCCCCOc4cc5c(cc4OC)C(=O)N4CC(=C)C[C@H]4[C@H](O)N5C(C)(C)C)c(OC)cc3C(=O)N2C1. The summed E-state index contributed by atoms with van der Waals surface area (Å²) in [4.78, 5) is 37.0. The van der Waals surface area contributed by atoms with Gasteiger partial charge in [0.1, 0.15) is 6.23 Å².